The van der Waals surface area contributed by atoms with Gasteiger partial charge in [0.2, 0.25) is 5.91 Å². The molecule has 0 aliphatic rings. The summed E-state index contributed by atoms with van der Waals surface area (Å²) in [6.07, 6.45) is 0. The summed E-state index contributed by atoms with van der Waals surface area (Å²) in [5.41, 5.74) is 6.46. The van der Waals surface area contributed by atoms with Crippen LogP contribution in [-0.4, -0.2) is 5.91 Å². The monoisotopic (exact) mass is 255 g/mol. The van der Waals surface area contributed by atoms with E-state index in [1.807, 2.05) is 0 Å². The Labute approximate surface area is 109 Å². The van der Waals surface area contributed by atoms with Gasteiger partial charge >= 0.3 is 0 Å². The van der Waals surface area contributed by atoms with Gasteiger partial charge in [-0.25, -0.2) is 4.39 Å². The van der Waals surface area contributed by atoms with Crippen LogP contribution in [0, 0.1) is 17.1 Å². The van der Waals surface area contributed by atoms with Crippen LogP contribution in [0.3, 0.4) is 0 Å². The first kappa shape index (κ1) is 12.6. The van der Waals surface area contributed by atoms with Crippen molar-refractivity contribution in [3.05, 3.63) is 59.4 Å². The van der Waals surface area contributed by atoms with Crippen molar-refractivity contribution in [2.45, 2.75) is 0 Å². The van der Waals surface area contributed by atoms with Gasteiger partial charge in [-0.2, -0.15) is 5.26 Å². The summed E-state index contributed by atoms with van der Waals surface area (Å²) in [6, 6.07) is 12.5. The van der Waals surface area contributed by atoms with Crippen molar-refractivity contribution in [3.8, 4) is 6.07 Å². The third-order valence-electron chi connectivity index (χ3n) is 2.57. The first-order chi connectivity index (χ1) is 9.11. The van der Waals surface area contributed by atoms with Gasteiger partial charge in [0.1, 0.15) is 17.4 Å². The normalized spacial score (nSPS) is 9.68. The number of benzene rings is 2. The fourth-order valence-corrected chi connectivity index (χ4v) is 1.62. The zero-order valence-corrected chi connectivity index (χ0v) is 9.85. The number of nitrogens with two attached hydrogens (primary N) is 1. The van der Waals surface area contributed by atoms with Crippen LogP contribution in [0.5, 0.6) is 0 Å². The summed E-state index contributed by atoms with van der Waals surface area (Å²) in [5, 5.41) is 11.8. The van der Waals surface area contributed by atoms with Crippen molar-refractivity contribution in [2.24, 2.45) is 5.73 Å². The molecule has 0 bridgehead atoms. The second kappa shape index (κ2) is 5.19. The smallest absolute Gasteiger partial charge is 0.248 e. The molecule has 0 saturated heterocycles. The molecule has 2 aromatic carbocycles. The Bertz CT molecular complexity index is 659. The molecule has 4 nitrogen and oxygen atoms in total. The average Bonchev–Trinajstić information content (AvgIpc) is 2.39. The van der Waals surface area contributed by atoms with E-state index in [0.29, 0.717) is 16.9 Å². The average molecular weight is 255 g/mol. The SMILES string of the molecule is N#Cc1c(F)cccc1Nc1ccc(C(N)=O)cc1. The van der Waals surface area contributed by atoms with E-state index in [9.17, 15) is 9.18 Å². The lowest BCUT2D eigenvalue weighted by molar-refractivity contribution is 0.100. The van der Waals surface area contributed by atoms with Crippen molar-refractivity contribution >= 4 is 17.3 Å². The van der Waals surface area contributed by atoms with Crippen LogP contribution >= 0.6 is 0 Å². The van der Waals surface area contributed by atoms with E-state index in [2.05, 4.69) is 5.32 Å². The van der Waals surface area contributed by atoms with E-state index >= 15 is 0 Å². The molecular weight excluding hydrogens is 245 g/mol. The van der Waals surface area contributed by atoms with Gasteiger partial charge in [-0.15, -0.1) is 0 Å². The molecule has 0 unspecified atom stereocenters. The number of rotatable bonds is 3. The van der Waals surface area contributed by atoms with Gasteiger partial charge in [0.05, 0.1) is 5.69 Å². The number of carbonyl (C=O) groups is 1. The molecule has 3 N–H and O–H groups in total. The molecule has 0 spiro atoms. The number of hydrogen-bond donors (Lipinski definition) is 2. The lowest BCUT2D eigenvalue weighted by Gasteiger charge is -2.08. The van der Waals surface area contributed by atoms with Crippen molar-refractivity contribution in [2.75, 3.05) is 5.32 Å². The Hall–Kier alpha value is -2.87. The van der Waals surface area contributed by atoms with Crippen molar-refractivity contribution < 1.29 is 9.18 Å². The predicted octanol–water partition coefficient (Wildman–Crippen LogP) is 2.54. The molecule has 0 atom stereocenters. The number of halogens is 1. The quantitative estimate of drug-likeness (QED) is 0.884. The molecule has 0 aliphatic carbocycles. The van der Waals surface area contributed by atoms with Gasteiger partial charge in [-0.05, 0) is 36.4 Å². The Kier molecular flexibility index (Phi) is 3.44. The number of hydrogen-bond acceptors (Lipinski definition) is 3. The van der Waals surface area contributed by atoms with E-state index in [0.717, 1.165) is 0 Å². The van der Waals surface area contributed by atoms with E-state index in [1.54, 1.807) is 36.4 Å². The minimum absolute atomic E-state index is 0.0542. The minimum atomic E-state index is -0.582. The van der Waals surface area contributed by atoms with Crippen LogP contribution in [0.25, 0.3) is 0 Å². The molecule has 0 heterocycles. The Morgan fingerprint density at radius 2 is 1.89 bits per heavy atom. The van der Waals surface area contributed by atoms with Gasteiger partial charge in [0.25, 0.3) is 0 Å². The first-order valence-corrected chi connectivity index (χ1v) is 5.47. The molecule has 0 aromatic heterocycles. The number of amides is 1. The van der Waals surface area contributed by atoms with Gasteiger partial charge in [-0.3, -0.25) is 4.79 Å². The van der Waals surface area contributed by atoms with Gasteiger partial charge in [0.15, 0.2) is 0 Å². The predicted molar refractivity (Wildman–Crippen MR) is 69.4 cm³/mol. The molecule has 19 heavy (non-hydrogen) atoms. The number of anilines is 2. The summed E-state index contributed by atoms with van der Waals surface area (Å²) < 4.78 is 13.4. The lowest BCUT2D eigenvalue weighted by Crippen LogP contribution is -2.10. The highest BCUT2D eigenvalue weighted by Crippen LogP contribution is 2.22. The first-order valence-electron chi connectivity index (χ1n) is 5.47. The highest BCUT2D eigenvalue weighted by molar-refractivity contribution is 5.93. The van der Waals surface area contributed by atoms with Gasteiger partial charge in [-0.1, -0.05) is 6.07 Å². The zero-order chi connectivity index (χ0) is 13.8. The maximum Gasteiger partial charge on any atom is 0.248 e. The fraction of sp³-hybridized carbons (Fsp3) is 0. The van der Waals surface area contributed by atoms with Crippen LogP contribution in [0.1, 0.15) is 15.9 Å². The van der Waals surface area contributed by atoms with Crippen LogP contribution < -0.4 is 11.1 Å². The molecule has 0 aliphatic heterocycles. The molecule has 5 heteroatoms. The molecule has 94 valence electrons. The highest BCUT2D eigenvalue weighted by Gasteiger charge is 2.08. The van der Waals surface area contributed by atoms with Crippen molar-refractivity contribution in [1.82, 2.24) is 0 Å². The number of primary amides is 1. The Morgan fingerprint density at radius 3 is 2.47 bits per heavy atom. The Morgan fingerprint density at radius 1 is 1.21 bits per heavy atom. The van der Waals surface area contributed by atoms with E-state index < -0.39 is 11.7 Å². The third-order valence-corrected chi connectivity index (χ3v) is 2.57. The standard InChI is InChI=1S/C14H10FN3O/c15-12-2-1-3-13(11(12)8-16)18-10-6-4-9(5-7-10)14(17)19/h1-7,18H,(H2,17,19). The van der Waals surface area contributed by atoms with E-state index in [1.165, 1.54) is 12.1 Å². The minimum Gasteiger partial charge on any atom is -0.366 e. The second-order valence-electron chi connectivity index (χ2n) is 3.84. The Balaban J connectivity index is 2.29. The van der Waals surface area contributed by atoms with Gasteiger partial charge in [0, 0.05) is 11.3 Å². The van der Waals surface area contributed by atoms with Crippen LogP contribution in [0.4, 0.5) is 15.8 Å². The van der Waals surface area contributed by atoms with E-state index in [4.69, 9.17) is 11.0 Å². The molecule has 0 radical (unpaired) electrons. The summed E-state index contributed by atoms with van der Waals surface area (Å²) in [7, 11) is 0. The maximum absolute atomic E-state index is 13.4. The summed E-state index contributed by atoms with van der Waals surface area (Å²) >= 11 is 0. The molecule has 2 aromatic rings. The fourth-order valence-electron chi connectivity index (χ4n) is 1.62. The maximum atomic E-state index is 13.4. The number of nitrogens with zero attached hydrogens (tertiary/aromatic N) is 1. The molecule has 0 saturated carbocycles. The number of carbonyl (C=O) groups excluding carboxylic acids is 1. The third kappa shape index (κ3) is 2.69. The number of nitriles is 1. The van der Waals surface area contributed by atoms with Crippen LogP contribution in [0.2, 0.25) is 0 Å². The number of nitrogens with one attached hydrogen (secondary N) is 1. The van der Waals surface area contributed by atoms with Crippen molar-refractivity contribution in [1.29, 1.82) is 5.26 Å². The summed E-state index contributed by atoms with van der Waals surface area (Å²) in [6.45, 7) is 0. The highest BCUT2D eigenvalue weighted by atomic mass is 19.1. The van der Waals surface area contributed by atoms with Gasteiger partial charge < -0.3 is 11.1 Å². The molecule has 2 rings (SSSR count). The van der Waals surface area contributed by atoms with Crippen LogP contribution in [0.15, 0.2) is 42.5 Å². The zero-order valence-electron chi connectivity index (χ0n) is 9.85. The van der Waals surface area contributed by atoms with Crippen molar-refractivity contribution in [3.63, 3.8) is 0 Å². The summed E-state index contributed by atoms with van der Waals surface area (Å²) in [5.74, 6) is -1.10. The van der Waals surface area contributed by atoms with Crippen LogP contribution in [-0.2, 0) is 0 Å². The lowest BCUT2D eigenvalue weighted by atomic mass is 10.1. The molecule has 0 fully saturated rings. The molecular formula is C14H10FN3O. The topological polar surface area (TPSA) is 78.9 Å². The summed E-state index contributed by atoms with van der Waals surface area (Å²) in [4.78, 5) is 10.9. The largest absolute Gasteiger partial charge is 0.366 e. The second-order valence-corrected chi connectivity index (χ2v) is 3.84. The molecule has 1 amide bonds. The van der Waals surface area contributed by atoms with E-state index in [-0.39, 0.29) is 5.56 Å².